The lowest BCUT2D eigenvalue weighted by molar-refractivity contribution is -0.00778. The van der Waals surface area contributed by atoms with Crippen LogP contribution in [0.1, 0.15) is 25.7 Å². The largest absolute Gasteiger partial charge is 0.314 e. The molecule has 1 rings (SSSR count). The number of alkyl halides is 2. The average Bonchev–Trinajstić information content (AvgIpc) is 2.65. The summed E-state index contributed by atoms with van der Waals surface area (Å²) in [5.74, 6) is -1.88. The van der Waals surface area contributed by atoms with Gasteiger partial charge in [0.05, 0.1) is 6.54 Å². The standard InChI is InChI=1S/C8H15F2N.ClH/c1-11-6-8(9,10)5-4-7-2-3-7;/h7,11H,2-6H2,1H3;1H. The van der Waals surface area contributed by atoms with E-state index in [0.717, 1.165) is 12.8 Å². The van der Waals surface area contributed by atoms with E-state index in [1.54, 1.807) is 7.05 Å². The van der Waals surface area contributed by atoms with Gasteiger partial charge in [-0.3, -0.25) is 0 Å². The van der Waals surface area contributed by atoms with Crippen LogP contribution in [-0.2, 0) is 0 Å². The summed E-state index contributed by atoms with van der Waals surface area (Å²) in [6.07, 6.45) is 3.08. The summed E-state index contributed by atoms with van der Waals surface area (Å²) in [7, 11) is 1.56. The maximum atomic E-state index is 12.7. The summed E-state index contributed by atoms with van der Waals surface area (Å²) in [5, 5.41) is 2.50. The van der Waals surface area contributed by atoms with Gasteiger partial charge in [0.1, 0.15) is 0 Å². The number of rotatable bonds is 5. The van der Waals surface area contributed by atoms with Crippen LogP contribution in [0.4, 0.5) is 8.78 Å². The first kappa shape index (κ1) is 12.1. The topological polar surface area (TPSA) is 12.0 Å². The first-order valence-electron chi connectivity index (χ1n) is 4.16. The van der Waals surface area contributed by atoms with Gasteiger partial charge in [-0.15, -0.1) is 12.4 Å². The maximum absolute atomic E-state index is 12.7. The molecular formula is C8H16ClF2N. The number of nitrogens with one attached hydrogen (secondary N) is 1. The minimum Gasteiger partial charge on any atom is -0.314 e. The van der Waals surface area contributed by atoms with Gasteiger partial charge in [-0.05, 0) is 19.4 Å². The minimum absolute atomic E-state index is 0. The van der Waals surface area contributed by atoms with E-state index in [1.165, 1.54) is 0 Å². The zero-order chi connectivity index (χ0) is 8.32. The Morgan fingerprint density at radius 3 is 2.42 bits per heavy atom. The second-order valence-corrected chi connectivity index (χ2v) is 3.37. The highest BCUT2D eigenvalue weighted by molar-refractivity contribution is 5.85. The van der Waals surface area contributed by atoms with E-state index < -0.39 is 5.92 Å². The zero-order valence-electron chi connectivity index (χ0n) is 7.28. The molecule has 0 saturated heterocycles. The van der Waals surface area contributed by atoms with Crippen molar-refractivity contribution in [1.82, 2.24) is 5.32 Å². The summed E-state index contributed by atoms with van der Waals surface area (Å²) in [4.78, 5) is 0. The second-order valence-electron chi connectivity index (χ2n) is 3.37. The predicted molar refractivity (Wildman–Crippen MR) is 48.1 cm³/mol. The molecule has 1 saturated carbocycles. The SMILES string of the molecule is CNCC(F)(F)CCC1CC1.Cl. The fourth-order valence-electron chi connectivity index (χ4n) is 1.17. The second kappa shape index (κ2) is 4.97. The molecule has 0 aromatic heterocycles. The van der Waals surface area contributed by atoms with Gasteiger partial charge in [-0.2, -0.15) is 0 Å². The quantitative estimate of drug-likeness (QED) is 0.717. The molecule has 1 nitrogen and oxygen atoms in total. The smallest absolute Gasteiger partial charge is 0.260 e. The van der Waals surface area contributed by atoms with Crippen molar-refractivity contribution in [2.75, 3.05) is 13.6 Å². The van der Waals surface area contributed by atoms with Crippen molar-refractivity contribution in [3.63, 3.8) is 0 Å². The molecule has 0 unspecified atom stereocenters. The van der Waals surface area contributed by atoms with E-state index >= 15 is 0 Å². The Kier molecular flexibility index (Phi) is 5.02. The molecule has 0 atom stereocenters. The minimum atomic E-state index is -2.49. The first-order chi connectivity index (χ1) is 5.14. The van der Waals surface area contributed by atoms with Crippen LogP contribution >= 0.6 is 12.4 Å². The van der Waals surface area contributed by atoms with Gasteiger partial charge in [0.25, 0.3) is 5.92 Å². The van der Waals surface area contributed by atoms with Crippen LogP contribution < -0.4 is 5.32 Å². The van der Waals surface area contributed by atoms with Crippen LogP contribution in [0.5, 0.6) is 0 Å². The van der Waals surface area contributed by atoms with Crippen molar-refractivity contribution >= 4 is 12.4 Å². The van der Waals surface area contributed by atoms with Crippen LogP contribution in [0.2, 0.25) is 0 Å². The van der Waals surface area contributed by atoms with E-state index in [4.69, 9.17) is 0 Å². The molecule has 0 amide bonds. The summed E-state index contributed by atoms with van der Waals surface area (Å²) in [5.41, 5.74) is 0. The average molecular weight is 200 g/mol. The van der Waals surface area contributed by atoms with E-state index in [9.17, 15) is 8.78 Å². The van der Waals surface area contributed by atoms with Crippen molar-refractivity contribution in [3.05, 3.63) is 0 Å². The van der Waals surface area contributed by atoms with Gasteiger partial charge in [0.2, 0.25) is 0 Å². The molecule has 1 N–H and O–H groups in total. The lowest BCUT2D eigenvalue weighted by atomic mass is 10.1. The third-order valence-electron chi connectivity index (χ3n) is 2.05. The van der Waals surface area contributed by atoms with Gasteiger partial charge in [-0.1, -0.05) is 12.8 Å². The van der Waals surface area contributed by atoms with Crippen molar-refractivity contribution in [1.29, 1.82) is 0 Å². The molecule has 1 aliphatic carbocycles. The van der Waals surface area contributed by atoms with Gasteiger partial charge in [-0.25, -0.2) is 8.78 Å². The molecule has 4 heteroatoms. The van der Waals surface area contributed by atoms with E-state index in [1.807, 2.05) is 0 Å². The Bertz CT molecular complexity index is 126. The summed E-state index contributed by atoms with van der Waals surface area (Å²) in [6, 6.07) is 0. The molecular weight excluding hydrogens is 184 g/mol. The maximum Gasteiger partial charge on any atom is 0.260 e. The van der Waals surface area contributed by atoms with E-state index in [2.05, 4.69) is 5.32 Å². The van der Waals surface area contributed by atoms with Crippen molar-refractivity contribution in [3.8, 4) is 0 Å². The van der Waals surface area contributed by atoms with E-state index in [-0.39, 0.29) is 25.4 Å². The first-order valence-corrected chi connectivity index (χ1v) is 4.16. The lowest BCUT2D eigenvalue weighted by Gasteiger charge is -2.14. The highest BCUT2D eigenvalue weighted by Gasteiger charge is 2.31. The fraction of sp³-hybridized carbons (Fsp3) is 1.00. The molecule has 0 aromatic carbocycles. The lowest BCUT2D eigenvalue weighted by Crippen LogP contribution is -2.30. The molecule has 1 aliphatic rings. The molecule has 0 aliphatic heterocycles. The van der Waals surface area contributed by atoms with Crippen LogP contribution in [0.3, 0.4) is 0 Å². The third-order valence-corrected chi connectivity index (χ3v) is 2.05. The zero-order valence-corrected chi connectivity index (χ0v) is 8.09. The Balaban J connectivity index is 0.00000121. The van der Waals surface area contributed by atoms with Gasteiger partial charge in [0.15, 0.2) is 0 Å². The van der Waals surface area contributed by atoms with Gasteiger partial charge >= 0.3 is 0 Å². The molecule has 0 heterocycles. The number of hydrogen-bond donors (Lipinski definition) is 1. The van der Waals surface area contributed by atoms with Crippen LogP contribution in [-0.4, -0.2) is 19.5 Å². The molecule has 0 bridgehead atoms. The van der Waals surface area contributed by atoms with E-state index in [0.29, 0.717) is 12.3 Å². The Hall–Kier alpha value is 0.110. The summed E-state index contributed by atoms with van der Waals surface area (Å²) >= 11 is 0. The van der Waals surface area contributed by atoms with Crippen molar-refractivity contribution < 1.29 is 8.78 Å². The Morgan fingerprint density at radius 2 is 2.00 bits per heavy atom. The summed E-state index contributed by atoms with van der Waals surface area (Å²) < 4.78 is 25.5. The molecule has 12 heavy (non-hydrogen) atoms. The Morgan fingerprint density at radius 1 is 1.42 bits per heavy atom. The van der Waals surface area contributed by atoms with Crippen LogP contribution in [0.25, 0.3) is 0 Å². The third kappa shape index (κ3) is 4.88. The predicted octanol–water partition coefficient (Wildman–Crippen LogP) is 2.45. The summed E-state index contributed by atoms with van der Waals surface area (Å²) in [6.45, 7) is -0.181. The van der Waals surface area contributed by atoms with Crippen molar-refractivity contribution in [2.45, 2.75) is 31.6 Å². The monoisotopic (exact) mass is 199 g/mol. The molecule has 0 spiro atoms. The molecule has 74 valence electrons. The normalized spacial score (nSPS) is 17.2. The Labute approximate surface area is 78.3 Å². The highest BCUT2D eigenvalue weighted by Crippen LogP contribution is 2.36. The van der Waals surface area contributed by atoms with Crippen molar-refractivity contribution in [2.24, 2.45) is 5.92 Å². The molecule has 1 fully saturated rings. The molecule has 0 aromatic rings. The van der Waals surface area contributed by atoms with Gasteiger partial charge in [0, 0.05) is 6.42 Å². The number of halogens is 3. The van der Waals surface area contributed by atoms with Crippen LogP contribution in [0.15, 0.2) is 0 Å². The van der Waals surface area contributed by atoms with Gasteiger partial charge < -0.3 is 5.32 Å². The highest BCUT2D eigenvalue weighted by atomic mass is 35.5. The fourth-order valence-corrected chi connectivity index (χ4v) is 1.17. The number of hydrogen-bond acceptors (Lipinski definition) is 1. The molecule has 0 radical (unpaired) electrons. The van der Waals surface area contributed by atoms with Crippen LogP contribution in [0, 0.1) is 5.92 Å².